The van der Waals surface area contributed by atoms with Gasteiger partial charge in [0.2, 0.25) is 5.95 Å². The molecule has 0 aliphatic heterocycles. The van der Waals surface area contributed by atoms with Crippen molar-refractivity contribution < 1.29 is 13.2 Å². The van der Waals surface area contributed by atoms with Crippen LogP contribution in [0.15, 0.2) is 31.1 Å². The minimum absolute atomic E-state index is 0.0935. The Balaban J connectivity index is 2.45. The van der Waals surface area contributed by atoms with E-state index in [1.54, 1.807) is 10.9 Å². The van der Waals surface area contributed by atoms with Gasteiger partial charge in [-0.3, -0.25) is 4.68 Å². The van der Waals surface area contributed by atoms with Gasteiger partial charge in [0.05, 0.1) is 11.9 Å². The first-order chi connectivity index (χ1) is 9.94. The molecule has 0 saturated heterocycles. The molecule has 0 radical (unpaired) electrons. The van der Waals surface area contributed by atoms with E-state index in [0.29, 0.717) is 12.1 Å². The summed E-state index contributed by atoms with van der Waals surface area (Å²) in [5.41, 5.74) is -0.321. The van der Waals surface area contributed by atoms with Crippen LogP contribution in [-0.4, -0.2) is 26.3 Å². The van der Waals surface area contributed by atoms with Crippen molar-refractivity contribution in [3.05, 3.63) is 36.8 Å². The van der Waals surface area contributed by atoms with E-state index in [9.17, 15) is 13.2 Å². The molecule has 0 atom stereocenters. The van der Waals surface area contributed by atoms with Crippen LogP contribution >= 0.6 is 0 Å². The molecule has 21 heavy (non-hydrogen) atoms. The maximum atomic E-state index is 12.9. The molecule has 0 unspecified atom stereocenters. The molecule has 0 saturated carbocycles. The van der Waals surface area contributed by atoms with Crippen LogP contribution in [0.1, 0.15) is 12.6 Å². The van der Waals surface area contributed by atoms with Gasteiger partial charge in [-0.1, -0.05) is 6.08 Å². The van der Waals surface area contributed by atoms with Gasteiger partial charge in [0.25, 0.3) is 0 Å². The summed E-state index contributed by atoms with van der Waals surface area (Å²) in [7, 11) is 0. The van der Waals surface area contributed by atoms with E-state index in [1.165, 1.54) is 12.3 Å². The van der Waals surface area contributed by atoms with Crippen LogP contribution in [0.25, 0.3) is 11.3 Å². The summed E-state index contributed by atoms with van der Waals surface area (Å²) < 4.78 is 40.3. The van der Waals surface area contributed by atoms with Gasteiger partial charge >= 0.3 is 6.18 Å². The zero-order valence-corrected chi connectivity index (χ0v) is 11.4. The molecule has 0 fully saturated rings. The molecule has 2 aromatic rings. The first kappa shape index (κ1) is 15.0. The largest absolute Gasteiger partial charge is 0.433 e. The molecule has 0 bridgehead atoms. The lowest BCUT2D eigenvalue weighted by Crippen LogP contribution is -2.12. The van der Waals surface area contributed by atoms with Crippen LogP contribution in [-0.2, 0) is 12.7 Å². The fourth-order valence-electron chi connectivity index (χ4n) is 1.65. The minimum atomic E-state index is -4.54. The molecule has 5 nitrogen and oxygen atoms in total. The second-order valence-corrected chi connectivity index (χ2v) is 4.21. The standard InChI is InChI=1S/C13H14F3N5/c1-3-5-17-12-19-10(6-11(20-12)13(14,15)16)9-7-18-21(4-2)8-9/h3,6-8H,1,4-5H2,2H3,(H,17,19,20). The molecular formula is C13H14F3N5. The number of aromatic nitrogens is 4. The van der Waals surface area contributed by atoms with Gasteiger partial charge < -0.3 is 5.32 Å². The number of nitrogens with one attached hydrogen (secondary N) is 1. The lowest BCUT2D eigenvalue weighted by atomic mass is 10.2. The highest BCUT2D eigenvalue weighted by Crippen LogP contribution is 2.30. The SMILES string of the molecule is C=CCNc1nc(-c2cnn(CC)c2)cc(C(F)(F)F)n1. The third-order valence-electron chi connectivity index (χ3n) is 2.67. The summed E-state index contributed by atoms with van der Waals surface area (Å²) >= 11 is 0. The summed E-state index contributed by atoms with van der Waals surface area (Å²) in [5, 5.41) is 6.70. The Morgan fingerprint density at radius 3 is 2.71 bits per heavy atom. The van der Waals surface area contributed by atoms with Crippen molar-refractivity contribution in [2.24, 2.45) is 0 Å². The molecular weight excluding hydrogens is 283 g/mol. The molecule has 0 aliphatic carbocycles. The monoisotopic (exact) mass is 297 g/mol. The van der Waals surface area contributed by atoms with Crippen LogP contribution in [0.4, 0.5) is 19.1 Å². The third kappa shape index (κ3) is 3.59. The number of aryl methyl sites for hydroxylation is 1. The zero-order chi connectivity index (χ0) is 15.5. The molecule has 0 aliphatic rings. The van der Waals surface area contributed by atoms with Crippen LogP contribution in [0, 0.1) is 0 Å². The second kappa shape index (κ2) is 5.94. The lowest BCUT2D eigenvalue weighted by Gasteiger charge is -2.10. The highest BCUT2D eigenvalue weighted by Gasteiger charge is 2.33. The summed E-state index contributed by atoms with van der Waals surface area (Å²) in [6.07, 6.45) is 0.0878. The first-order valence-electron chi connectivity index (χ1n) is 6.28. The van der Waals surface area contributed by atoms with Crippen molar-refractivity contribution in [3.8, 4) is 11.3 Å². The highest BCUT2D eigenvalue weighted by atomic mass is 19.4. The van der Waals surface area contributed by atoms with E-state index in [0.717, 1.165) is 6.07 Å². The molecule has 8 heteroatoms. The Labute approximate surface area is 119 Å². The maximum Gasteiger partial charge on any atom is 0.433 e. The number of hydrogen-bond acceptors (Lipinski definition) is 4. The zero-order valence-electron chi connectivity index (χ0n) is 11.4. The van der Waals surface area contributed by atoms with Gasteiger partial charge in [0, 0.05) is 24.8 Å². The van der Waals surface area contributed by atoms with Gasteiger partial charge in [-0.15, -0.1) is 6.58 Å². The summed E-state index contributed by atoms with van der Waals surface area (Å²) in [6.45, 7) is 6.27. The maximum absolute atomic E-state index is 12.9. The minimum Gasteiger partial charge on any atom is -0.351 e. The van der Waals surface area contributed by atoms with Crippen LogP contribution in [0.2, 0.25) is 0 Å². The van der Waals surface area contributed by atoms with Crippen LogP contribution in [0.5, 0.6) is 0 Å². The Hall–Kier alpha value is -2.38. The predicted octanol–water partition coefficient (Wildman–Crippen LogP) is 2.98. The molecule has 0 spiro atoms. The van der Waals surface area contributed by atoms with E-state index in [1.807, 2.05) is 6.92 Å². The Bertz CT molecular complexity index is 633. The molecule has 0 aromatic carbocycles. The highest BCUT2D eigenvalue weighted by molar-refractivity contribution is 5.59. The van der Waals surface area contributed by atoms with Crippen LogP contribution < -0.4 is 5.32 Å². The Morgan fingerprint density at radius 1 is 1.38 bits per heavy atom. The molecule has 112 valence electrons. The second-order valence-electron chi connectivity index (χ2n) is 4.21. The first-order valence-corrected chi connectivity index (χ1v) is 6.28. The fraction of sp³-hybridized carbons (Fsp3) is 0.308. The van der Waals surface area contributed by atoms with E-state index < -0.39 is 11.9 Å². The number of hydrogen-bond donors (Lipinski definition) is 1. The number of nitrogens with zero attached hydrogens (tertiary/aromatic N) is 4. The van der Waals surface area contributed by atoms with Gasteiger partial charge in [-0.2, -0.15) is 18.3 Å². The number of halogens is 3. The van der Waals surface area contributed by atoms with Gasteiger partial charge in [-0.25, -0.2) is 9.97 Å². The van der Waals surface area contributed by atoms with Crippen LogP contribution in [0.3, 0.4) is 0 Å². The third-order valence-corrected chi connectivity index (χ3v) is 2.67. The number of rotatable bonds is 5. The van der Waals surface area contributed by atoms with Gasteiger partial charge in [0.15, 0.2) is 5.69 Å². The van der Waals surface area contributed by atoms with Gasteiger partial charge in [0.1, 0.15) is 0 Å². The van der Waals surface area contributed by atoms with Crippen molar-refractivity contribution in [3.63, 3.8) is 0 Å². The average Bonchev–Trinajstić information content (AvgIpc) is 2.93. The molecule has 1 N–H and O–H groups in total. The number of alkyl halides is 3. The molecule has 2 aromatic heterocycles. The van der Waals surface area contributed by atoms with E-state index in [-0.39, 0.29) is 18.2 Å². The number of anilines is 1. The van der Waals surface area contributed by atoms with Crippen molar-refractivity contribution in [2.45, 2.75) is 19.6 Å². The topological polar surface area (TPSA) is 55.6 Å². The van der Waals surface area contributed by atoms with Crippen molar-refractivity contribution in [1.29, 1.82) is 0 Å². The van der Waals surface area contributed by atoms with E-state index in [4.69, 9.17) is 0 Å². The quantitative estimate of drug-likeness (QED) is 0.862. The Kier molecular flexibility index (Phi) is 4.25. The Morgan fingerprint density at radius 2 is 2.14 bits per heavy atom. The van der Waals surface area contributed by atoms with Gasteiger partial charge in [-0.05, 0) is 13.0 Å². The van der Waals surface area contributed by atoms with Crippen molar-refractivity contribution in [2.75, 3.05) is 11.9 Å². The normalized spacial score (nSPS) is 11.4. The van der Waals surface area contributed by atoms with Crippen molar-refractivity contribution in [1.82, 2.24) is 19.7 Å². The fourth-order valence-corrected chi connectivity index (χ4v) is 1.65. The molecule has 0 amide bonds. The van der Waals surface area contributed by atoms with E-state index >= 15 is 0 Å². The predicted molar refractivity (Wildman–Crippen MR) is 72.6 cm³/mol. The molecule has 2 heterocycles. The molecule has 2 rings (SSSR count). The summed E-state index contributed by atoms with van der Waals surface area (Å²) in [4.78, 5) is 7.55. The smallest absolute Gasteiger partial charge is 0.351 e. The summed E-state index contributed by atoms with van der Waals surface area (Å²) in [5.74, 6) is -0.0935. The van der Waals surface area contributed by atoms with Crippen molar-refractivity contribution >= 4 is 5.95 Å². The average molecular weight is 297 g/mol. The van der Waals surface area contributed by atoms with E-state index in [2.05, 4.69) is 27.0 Å². The summed E-state index contributed by atoms with van der Waals surface area (Å²) in [6, 6.07) is 0.913. The lowest BCUT2D eigenvalue weighted by molar-refractivity contribution is -0.141.